The van der Waals surface area contributed by atoms with Crippen molar-refractivity contribution in [3.63, 3.8) is 0 Å². The van der Waals surface area contributed by atoms with E-state index in [2.05, 4.69) is 10.7 Å². The lowest BCUT2D eigenvalue weighted by Gasteiger charge is -2.20. The minimum Gasteiger partial charge on any atom is -0.469 e. The van der Waals surface area contributed by atoms with Crippen LogP contribution >= 0.6 is 0 Å². The highest BCUT2D eigenvalue weighted by molar-refractivity contribution is 5.80. The van der Waals surface area contributed by atoms with Crippen LogP contribution in [0.25, 0.3) is 0 Å². The van der Waals surface area contributed by atoms with Gasteiger partial charge in [-0.25, -0.2) is 0 Å². The van der Waals surface area contributed by atoms with Gasteiger partial charge in [0.2, 0.25) is 0 Å². The normalized spacial score (nSPS) is 12.4. The van der Waals surface area contributed by atoms with E-state index >= 15 is 0 Å². The van der Waals surface area contributed by atoms with E-state index in [1.807, 2.05) is 0 Å². The van der Waals surface area contributed by atoms with Crippen LogP contribution in [0.2, 0.25) is 0 Å². The van der Waals surface area contributed by atoms with Crippen LogP contribution in [0.15, 0.2) is 0 Å². The Morgan fingerprint density at radius 2 is 1.94 bits per heavy atom. The molecule has 0 rings (SSSR count). The Morgan fingerprint density at radius 3 is 2.31 bits per heavy atom. The molecule has 0 aromatic heterocycles. The second-order valence-electron chi connectivity index (χ2n) is 4.42. The summed E-state index contributed by atoms with van der Waals surface area (Å²) in [4.78, 5) is 22.7. The van der Waals surface area contributed by atoms with Crippen molar-refractivity contribution < 1.29 is 19.1 Å². The quantitative estimate of drug-likeness (QED) is 0.539. The molecule has 16 heavy (non-hydrogen) atoms. The van der Waals surface area contributed by atoms with Gasteiger partial charge in [0.25, 0.3) is 0 Å². The molecule has 0 spiro atoms. The SMILES string of the molecule is C#CC[C@H](CC(=O)OC(C)(C)C)C(=O)OC. The van der Waals surface area contributed by atoms with Gasteiger partial charge in [0.05, 0.1) is 19.4 Å². The summed E-state index contributed by atoms with van der Waals surface area (Å²) in [6.07, 6.45) is 5.24. The van der Waals surface area contributed by atoms with Crippen LogP contribution < -0.4 is 0 Å². The lowest BCUT2D eigenvalue weighted by Crippen LogP contribution is -2.27. The third-order valence-corrected chi connectivity index (χ3v) is 1.73. The zero-order chi connectivity index (χ0) is 12.8. The minimum absolute atomic E-state index is 0.0475. The Hall–Kier alpha value is -1.50. The van der Waals surface area contributed by atoms with Crippen molar-refractivity contribution in [1.29, 1.82) is 0 Å². The molecule has 0 amide bonds. The summed E-state index contributed by atoms with van der Waals surface area (Å²) >= 11 is 0. The summed E-state index contributed by atoms with van der Waals surface area (Å²) in [7, 11) is 1.26. The largest absolute Gasteiger partial charge is 0.469 e. The molecule has 0 aromatic rings. The summed E-state index contributed by atoms with van der Waals surface area (Å²) in [6.45, 7) is 5.29. The van der Waals surface area contributed by atoms with Gasteiger partial charge in [-0.2, -0.15) is 0 Å². The third-order valence-electron chi connectivity index (χ3n) is 1.73. The van der Waals surface area contributed by atoms with E-state index in [0.29, 0.717) is 0 Å². The number of hydrogen-bond donors (Lipinski definition) is 0. The van der Waals surface area contributed by atoms with Crippen LogP contribution in [-0.2, 0) is 19.1 Å². The van der Waals surface area contributed by atoms with E-state index in [1.165, 1.54) is 7.11 Å². The Kier molecular flexibility index (Phi) is 5.59. The van der Waals surface area contributed by atoms with Crippen LogP contribution in [0.1, 0.15) is 33.6 Å². The van der Waals surface area contributed by atoms with Crippen LogP contribution in [-0.4, -0.2) is 24.6 Å². The van der Waals surface area contributed by atoms with Crippen LogP contribution in [0.3, 0.4) is 0 Å². The molecule has 0 bridgehead atoms. The highest BCUT2D eigenvalue weighted by Gasteiger charge is 2.25. The van der Waals surface area contributed by atoms with E-state index < -0.39 is 23.5 Å². The first-order valence-corrected chi connectivity index (χ1v) is 5.03. The van der Waals surface area contributed by atoms with E-state index in [9.17, 15) is 9.59 Å². The highest BCUT2D eigenvalue weighted by atomic mass is 16.6. The van der Waals surface area contributed by atoms with Crippen molar-refractivity contribution in [2.24, 2.45) is 5.92 Å². The second kappa shape index (κ2) is 6.16. The molecule has 0 radical (unpaired) electrons. The molecule has 0 heterocycles. The molecule has 0 fully saturated rings. The van der Waals surface area contributed by atoms with Crippen molar-refractivity contribution >= 4 is 11.9 Å². The van der Waals surface area contributed by atoms with Gasteiger partial charge >= 0.3 is 11.9 Å². The van der Waals surface area contributed by atoms with Crippen molar-refractivity contribution in [2.45, 2.75) is 39.2 Å². The van der Waals surface area contributed by atoms with Crippen molar-refractivity contribution in [2.75, 3.05) is 7.11 Å². The first kappa shape index (κ1) is 14.5. The predicted molar refractivity (Wildman–Crippen MR) is 59.4 cm³/mol. The Morgan fingerprint density at radius 1 is 1.38 bits per heavy atom. The molecule has 0 N–H and O–H groups in total. The Balaban J connectivity index is 4.36. The molecule has 0 saturated carbocycles. The van der Waals surface area contributed by atoms with Crippen LogP contribution in [0.4, 0.5) is 0 Å². The molecule has 0 unspecified atom stereocenters. The first-order valence-electron chi connectivity index (χ1n) is 5.03. The van der Waals surface area contributed by atoms with E-state index in [0.717, 1.165) is 0 Å². The van der Waals surface area contributed by atoms with Gasteiger partial charge < -0.3 is 9.47 Å². The number of rotatable bonds is 4. The molecule has 0 aliphatic carbocycles. The van der Waals surface area contributed by atoms with Crippen molar-refractivity contribution in [3.05, 3.63) is 0 Å². The van der Waals surface area contributed by atoms with Gasteiger partial charge in [0, 0.05) is 6.42 Å². The maximum atomic E-state index is 11.5. The fraction of sp³-hybridized carbons (Fsp3) is 0.667. The van der Waals surface area contributed by atoms with Gasteiger partial charge in [-0.3, -0.25) is 9.59 Å². The molecule has 0 aromatic carbocycles. The molecule has 4 nitrogen and oxygen atoms in total. The average Bonchev–Trinajstić information content (AvgIpc) is 2.13. The molecule has 90 valence electrons. The van der Waals surface area contributed by atoms with E-state index in [-0.39, 0.29) is 12.8 Å². The second-order valence-corrected chi connectivity index (χ2v) is 4.42. The minimum atomic E-state index is -0.621. The number of terminal acetylenes is 1. The number of esters is 2. The van der Waals surface area contributed by atoms with Crippen molar-refractivity contribution in [3.8, 4) is 12.3 Å². The third kappa shape index (κ3) is 6.07. The maximum absolute atomic E-state index is 11.5. The number of methoxy groups -OCH3 is 1. The number of carbonyl (C=O) groups is 2. The summed E-state index contributed by atoms with van der Waals surface area (Å²) in [5.41, 5.74) is -0.562. The summed E-state index contributed by atoms with van der Waals surface area (Å²) in [5, 5.41) is 0. The average molecular weight is 226 g/mol. The van der Waals surface area contributed by atoms with E-state index in [1.54, 1.807) is 20.8 Å². The van der Waals surface area contributed by atoms with Gasteiger partial charge in [-0.05, 0) is 20.8 Å². The number of carbonyl (C=O) groups excluding carboxylic acids is 2. The van der Waals surface area contributed by atoms with Gasteiger partial charge in [-0.1, -0.05) is 0 Å². The maximum Gasteiger partial charge on any atom is 0.310 e. The number of hydrogen-bond acceptors (Lipinski definition) is 4. The summed E-state index contributed by atoms with van der Waals surface area (Å²) in [5.74, 6) is 0.793. The Bertz CT molecular complexity index is 293. The lowest BCUT2D eigenvalue weighted by molar-refractivity contribution is -0.160. The van der Waals surface area contributed by atoms with Crippen LogP contribution in [0, 0.1) is 18.3 Å². The number of ether oxygens (including phenoxy) is 2. The standard InChI is InChI=1S/C12H18O4/c1-6-7-9(11(14)15-5)8-10(13)16-12(2,3)4/h1,9H,7-8H2,2-5H3/t9-/m1/s1. The molecular formula is C12H18O4. The predicted octanol–water partition coefficient (Wildman–Crippen LogP) is 1.53. The van der Waals surface area contributed by atoms with Crippen molar-refractivity contribution in [1.82, 2.24) is 0 Å². The van der Waals surface area contributed by atoms with Gasteiger partial charge in [-0.15, -0.1) is 12.3 Å². The summed E-state index contributed by atoms with van der Waals surface area (Å²) in [6, 6.07) is 0. The molecule has 4 heteroatoms. The highest BCUT2D eigenvalue weighted by Crippen LogP contribution is 2.15. The first-order chi connectivity index (χ1) is 7.30. The topological polar surface area (TPSA) is 52.6 Å². The van der Waals surface area contributed by atoms with Gasteiger partial charge in [0.15, 0.2) is 0 Å². The summed E-state index contributed by atoms with van der Waals surface area (Å²) < 4.78 is 9.65. The van der Waals surface area contributed by atoms with E-state index in [4.69, 9.17) is 11.2 Å². The zero-order valence-electron chi connectivity index (χ0n) is 10.2. The van der Waals surface area contributed by atoms with Gasteiger partial charge in [0.1, 0.15) is 5.60 Å². The molecular weight excluding hydrogens is 208 g/mol. The molecule has 0 saturated heterocycles. The van der Waals surface area contributed by atoms with Crippen LogP contribution in [0.5, 0.6) is 0 Å². The zero-order valence-corrected chi connectivity index (χ0v) is 10.2. The Labute approximate surface area is 96.3 Å². The lowest BCUT2D eigenvalue weighted by atomic mass is 10.0. The molecule has 0 aliphatic rings. The monoisotopic (exact) mass is 226 g/mol. The molecule has 1 atom stereocenters. The smallest absolute Gasteiger partial charge is 0.310 e. The fourth-order valence-electron chi connectivity index (χ4n) is 1.13. The fourth-order valence-corrected chi connectivity index (χ4v) is 1.13. The molecule has 0 aliphatic heterocycles.